The van der Waals surface area contributed by atoms with Gasteiger partial charge < -0.3 is 9.47 Å². The van der Waals surface area contributed by atoms with Crippen LogP contribution in [0.2, 0.25) is 0 Å². The maximum absolute atomic E-state index is 11.3. The van der Waals surface area contributed by atoms with Crippen LogP contribution in [-0.2, 0) is 14.3 Å². The van der Waals surface area contributed by atoms with Gasteiger partial charge in [-0.25, -0.2) is 4.79 Å². The first-order valence-electron chi connectivity index (χ1n) is 5.88. The fourth-order valence-corrected chi connectivity index (χ4v) is 2.33. The molecular weight excluding hydrogens is 192 g/mol. The topological polar surface area (TPSA) is 35.5 Å². The zero-order chi connectivity index (χ0) is 11.1. The van der Waals surface area contributed by atoms with Crippen LogP contribution in [0.15, 0.2) is 0 Å². The fourth-order valence-electron chi connectivity index (χ4n) is 2.33. The molecule has 0 aromatic rings. The summed E-state index contributed by atoms with van der Waals surface area (Å²) < 4.78 is 9.80. The fraction of sp³-hybridized carbons (Fsp3) is 0.917. The normalized spacial score (nSPS) is 19.9. The molecule has 0 radical (unpaired) electrons. The molecule has 1 rings (SSSR count). The minimum absolute atomic E-state index is 0.242. The first-order chi connectivity index (χ1) is 7.27. The molecule has 0 amide bonds. The quantitative estimate of drug-likeness (QED) is 0.660. The van der Waals surface area contributed by atoms with Crippen LogP contribution < -0.4 is 0 Å². The van der Waals surface area contributed by atoms with Gasteiger partial charge in [0.05, 0.1) is 7.11 Å². The van der Waals surface area contributed by atoms with Crippen molar-refractivity contribution in [1.29, 1.82) is 0 Å². The van der Waals surface area contributed by atoms with Gasteiger partial charge in [-0.3, -0.25) is 0 Å². The highest BCUT2D eigenvalue weighted by molar-refractivity contribution is 5.74. The van der Waals surface area contributed by atoms with Gasteiger partial charge in [-0.2, -0.15) is 0 Å². The van der Waals surface area contributed by atoms with Crippen LogP contribution >= 0.6 is 0 Å². The Balaban J connectivity index is 2.23. The standard InChI is InChI=1S/C12H22O3/c1-14-11(12(13)15-2)9-8-10-6-4-3-5-7-10/h10-11H,3-9H2,1-2H3. The number of hydrogen-bond donors (Lipinski definition) is 0. The third-order valence-electron chi connectivity index (χ3n) is 3.31. The molecule has 0 heterocycles. The molecule has 0 bridgehead atoms. The molecule has 1 aliphatic carbocycles. The van der Waals surface area contributed by atoms with E-state index in [1.807, 2.05) is 0 Å². The number of carbonyl (C=O) groups is 1. The summed E-state index contributed by atoms with van der Waals surface area (Å²) in [6.07, 6.45) is 8.23. The molecule has 0 saturated heterocycles. The summed E-state index contributed by atoms with van der Waals surface area (Å²) in [7, 11) is 2.98. The van der Waals surface area contributed by atoms with E-state index < -0.39 is 0 Å². The number of esters is 1. The van der Waals surface area contributed by atoms with Crippen molar-refractivity contribution in [2.24, 2.45) is 5.92 Å². The van der Waals surface area contributed by atoms with E-state index in [9.17, 15) is 4.79 Å². The smallest absolute Gasteiger partial charge is 0.334 e. The summed E-state index contributed by atoms with van der Waals surface area (Å²) in [6, 6.07) is 0. The summed E-state index contributed by atoms with van der Waals surface area (Å²) in [4.78, 5) is 11.3. The minimum Gasteiger partial charge on any atom is -0.467 e. The number of carbonyl (C=O) groups excluding carboxylic acids is 1. The van der Waals surface area contributed by atoms with E-state index in [0.29, 0.717) is 0 Å². The van der Waals surface area contributed by atoms with Crippen LogP contribution in [0, 0.1) is 5.92 Å². The lowest BCUT2D eigenvalue weighted by Gasteiger charge is -2.22. The molecule has 0 aromatic carbocycles. The van der Waals surface area contributed by atoms with E-state index in [0.717, 1.165) is 18.8 Å². The molecule has 0 aromatic heterocycles. The van der Waals surface area contributed by atoms with Crippen molar-refractivity contribution in [3.8, 4) is 0 Å². The van der Waals surface area contributed by atoms with Crippen LogP contribution in [0.4, 0.5) is 0 Å². The van der Waals surface area contributed by atoms with Crippen LogP contribution in [-0.4, -0.2) is 26.3 Å². The highest BCUT2D eigenvalue weighted by atomic mass is 16.6. The van der Waals surface area contributed by atoms with Crippen molar-refractivity contribution in [3.63, 3.8) is 0 Å². The van der Waals surface area contributed by atoms with E-state index >= 15 is 0 Å². The van der Waals surface area contributed by atoms with E-state index in [1.165, 1.54) is 39.2 Å². The first-order valence-corrected chi connectivity index (χ1v) is 5.88. The minimum atomic E-state index is -0.364. The lowest BCUT2D eigenvalue weighted by atomic mass is 9.85. The van der Waals surface area contributed by atoms with Crippen molar-refractivity contribution in [3.05, 3.63) is 0 Å². The van der Waals surface area contributed by atoms with Crippen LogP contribution in [0.1, 0.15) is 44.9 Å². The molecule has 15 heavy (non-hydrogen) atoms. The van der Waals surface area contributed by atoms with Crippen LogP contribution in [0.25, 0.3) is 0 Å². The first kappa shape index (κ1) is 12.5. The van der Waals surface area contributed by atoms with Crippen molar-refractivity contribution in [2.45, 2.75) is 51.0 Å². The SMILES string of the molecule is COC(=O)C(CCC1CCCCC1)OC. The summed E-state index contributed by atoms with van der Waals surface area (Å²) >= 11 is 0. The van der Waals surface area contributed by atoms with Crippen LogP contribution in [0.3, 0.4) is 0 Å². The Morgan fingerprint density at radius 1 is 1.27 bits per heavy atom. The second-order valence-electron chi connectivity index (χ2n) is 4.33. The van der Waals surface area contributed by atoms with Crippen molar-refractivity contribution < 1.29 is 14.3 Å². The Kier molecular flexibility index (Phi) is 5.69. The van der Waals surface area contributed by atoms with Gasteiger partial charge >= 0.3 is 5.97 Å². The van der Waals surface area contributed by atoms with Gasteiger partial charge in [0.15, 0.2) is 6.10 Å². The molecule has 1 unspecified atom stereocenters. The molecule has 1 fully saturated rings. The monoisotopic (exact) mass is 214 g/mol. The van der Waals surface area contributed by atoms with Gasteiger partial charge in [-0.1, -0.05) is 32.1 Å². The Morgan fingerprint density at radius 3 is 2.47 bits per heavy atom. The zero-order valence-corrected chi connectivity index (χ0v) is 9.83. The number of hydrogen-bond acceptors (Lipinski definition) is 3. The molecule has 88 valence electrons. The summed E-state index contributed by atoms with van der Waals surface area (Å²) in [6.45, 7) is 0. The lowest BCUT2D eigenvalue weighted by molar-refractivity contribution is -0.152. The van der Waals surface area contributed by atoms with E-state index in [-0.39, 0.29) is 12.1 Å². The van der Waals surface area contributed by atoms with Gasteiger partial charge in [0.1, 0.15) is 0 Å². The third kappa shape index (κ3) is 4.20. The van der Waals surface area contributed by atoms with Gasteiger partial charge in [0.25, 0.3) is 0 Å². The summed E-state index contributed by atoms with van der Waals surface area (Å²) in [5.41, 5.74) is 0. The second kappa shape index (κ2) is 6.83. The summed E-state index contributed by atoms with van der Waals surface area (Å²) in [5, 5.41) is 0. The Labute approximate surface area is 92.1 Å². The third-order valence-corrected chi connectivity index (χ3v) is 3.31. The number of methoxy groups -OCH3 is 2. The average Bonchev–Trinajstić information content (AvgIpc) is 2.31. The Morgan fingerprint density at radius 2 is 1.93 bits per heavy atom. The lowest BCUT2D eigenvalue weighted by Crippen LogP contribution is -2.25. The van der Waals surface area contributed by atoms with Gasteiger partial charge in [-0.05, 0) is 18.8 Å². The zero-order valence-electron chi connectivity index (χ0n) is 9.83. The average molecular weight is 214 g/mol. The summed E-state index contributed by atoms with van der Waals surface area (Å²) in [5.74, 6) is 0.550. The molecule has 3 heteroatoms. The second-order valence-corrected chi connectivity index (χ2v) is 4.33. The predicted octanol–water partition coefficient (Wildman–Crippen LogP) is 2.53. The molecule has 0 N–H and O–H groups in total. The number of ether oxygens (including phenoxy) is 2. The van der Waals surface area contributed by atoms with Gasteiger partial charge in [-0.15, -0.1) is 0 Å². The molecule has 1 saturated carbocycles. The Bertz CT molecular complexity index is 185. The van der Waals surface area contributed by atoms with E-state index in [1.54, 1.807) is 7.11 Å². The molecule has 1 aliphatic rings. The van der Waals surface area contributed by atoms with E-state index in [2.05, 4.69) is 4.74 Å². The highest BCUT2D eigenvalue weighted by Crippen LogP contribution is 2.28. The van der Waals surface area contributed by atoms with Crippen LogP contribution in [0.5, 0.6) is 0 Å². The largest absolute Gasteiger partial charge is 0.467 e. The highest BCUT2D eigenvalue weighted by Gasteiger charge is 2.21. The van der Waals surface area contributed by atoms with E-state index in [4.69, 9.17) is 4.74 Å². The predicted molar refractivity (Wildman–Crippen MR) is 58.6 cm³/mol. The number of rotatable bonds is 5. The maximum Gasteiger partial charge on any atom is 0.334 e. The molecule has 3 nitrogen and oxygen atoms in total. The van der Waals surface area contributed by atoms with Gasteiger partial charge in [0, 0.05) is 7.11 Å². The van der Waals surface area contributed by atoms with Crippen molar-refractivity contribution in [2.75, 3.05) is 14.2 Å². The molecule has 0 spiro atoms. The van der Waals surface area contributed by atoms with Gasteiger partial charge in [0.2, 0.25) is 0 Å². The maximum atomic E-state index is 11.3. The van der Waals surface area contributed by atoms with Crippen molar-refractivity contribution >= 4 is 5.97 Å². The molecular formula is C12H22O3. The molecule has 1 atom stereocenters. The Hall–Kier alpha value is -0.570. The molecule has 0 aliphatic heterocycles. The van der Waals surface area contributed by atoms with Crippen molar-refractivity contribution in [1.82, 2.24) is 0 Å².